The van der Waals surface area contributed by atoms with E-state index in [1.54, 1.807) is 26.4 Å². The molecule has 0 atom stereocenters. The first-order chi connectivity index (χ1) is 5.77. The van der Waals surface area contributed by atoms with Gasteiger partial charge in [-0.15, -0.1) is 0 Å². The molecule has 0 N–H and O–H groups in total. The third kappa shape index (κ3) is 1.88. The van der Waals surface area contributed by atoms with Gasteiger partial charge in [-0.2, -0.15) is 0 Å². The molecule has 1 rings (SSSR count). The monoisotopic (exact) mass is 159 g/mol. The van der Waals surface area contributed by atoms with Crippen LogP contribution in [0.1, 0.15) is 5.56 Å². The third-order valence-electron chi connectivity index (χ3n) is 1.53. The summed E-state index contributed by atoms with van der Waals surface area (Å²) in [6.07, 6.45) is 1.73. The molecule has 0 heterocycles. The van der Waals surface area contributed by atoms with Crippen LogP contribution in [0, 0.1) is 0 Å². The Morgan fingerprint density at radius 3 is 2.83 bits per heavy atom. The molecule has 0 unspecified atom stereocenters. The van der Waals surface area contributed by atoms with Crippen molar-refractivity contribution in [2.75, 3.05) is 14.2 Å². The van der Waals surface area contributed by atoms with Crippen LogP contribution < -0.4 is 10.2 Å². The van der Waals surface area contributed by atoms with Crippen molar-refractivity contribution in [1.82, 2.24) is 0 Å². The van der Waals surface area contributed by atoms with Crippen LogP contribution in [0.15, 0.2) is 23.2 Å². The van der Waals surface area contributed by atoms with Crippen LogP contribution in [-0.4, -0.2) is 28.2 Å². The Bertz CT molecular complexity index is 297. The van der Waals surface area contributed by atoms with Gasteiger partial charge in [0.15, 0.2) is 0 Å². The fourth-order valence-corrected chi connectivity index (χ4v) is 0.973. The highest BCUT2D eigenvalue weighted by Crippen LogP contribution is 2.12. The zero-order chi connectivity index (χ0) is 8.97. The lowest BCUT2D eigenvalue weighted by molar-refractivity contribution is 0.414. The standard InChI is InChI=1S/C9H10BNO/c1-11-6-7-3-4-8(10)5-9(7)12-2/h3-6H,1-2H3. The average Bonchev–Trinajstić information content (AvgIpc) is 2.08. The van der Waals surface area contributed by atoms with Gasteiger partial charge in [-0.25, -0.2) is 0 Å². The van der Waals surface area contributed by atoms with Gasteiger partial charge in [-0.3, -0.25) is 4.99 Å². The van der Waals surface area contributed by atoms with Gasteiger partial charge in [0.1, 0.15) is 13.6 Å². The van der Waals surface area contributed by atoms with Crippen molar-refractivity contribution in [3.8, 4) is 5.75 Å². The number of hydrogen-bond acceptors (Lipinski definition) is 2. The van der Waals surface area contributed by atoms with Gasteiger partial charge in [-0.05, 0) is 6.07 Å². The Kier molecular flexibility index (Phi) is 2.91. The van der Waals surface area contributed by atoms with Crippen LogP contribution >= 0.6 is 0 Å². The second-order valence-electron chi connectivity index (χ2n) is 2.39. The Labute approximate surface area is 73.7 Å². The average molecular weight is 159 g/mol. The van der Waals surface area contributed by atoms with Crippen molar-refractivity contribution in [2.45, 2.75) is 0 Å². The van der Waals surface area contributed by atoms with E-state index in [0.717, 1.165) is 11.3 Å². The number of aliphatic imine (C=N–C) groups is 1. The number of ether oxygens (including phenoxy) is 1. The second kappa shape index (κ2) is 3.95. The smallest absolute Gasteiger partial charge is 0.127 e. The molecule has 0 aliphatic rings. The summed E-state index contributed by atoms with van der Waals surface area (Å²) in [5.41, 5.74) is 1.63. The molecule has 3 heteroatoms. The quantitative estimate of drug-likeness (QED) is 0.455. The lowest BCUT2D eigenvalue weighted by Gasteiger charge is -2.04. The molecule has 0 aromatic heterocycles. The van der Waals surface area contributed by atoms with Gasteiger partial charge >= 0.3 is 0 Å². The molecule has 0 saturated carbocycles. The maximum Gasteiger partial charge on any atom is 0.127 e. The minimum absolute atomic E-state index is 0.695. The van der Waals surface area contributed by atoms with E-state index < -0.39 is 0 Å². The molecular formula is C9H10BNO. The van der Waals surface area contributed by atoms with E-state index in [1.165, 1.54) is 0 Å². The highest BCUT2D eigenvalue weighted by molar-refractivity contribution is 6.32. The number of rotatable bonds is 2. The minimum Gasteiger partial charge on any atom is -0.496 e. The first kappa shape index (κ1) is 8.85. The summed E-state index contributed by atoms with van der Waals surface area (Å²) in [6.45, 7) is 0. The number of nitrogens with zero attached hydrogens (tertiary/aromatic N) is 1. The van der Waals surface area contributed by atoms with Gasteiger partial charge in [0, 0.05) is 18.8 Å². The molecular weight excluding hydrogens is 149 g/mol. The molecule has 0 fully saturated rings. The van der Waals surface area contributed by atoms with Crippen LogP contribution in [0.2, 0.25) is 0 Å². The number of hydrogen-bond donors (Lipinski definition) is 0. The van der Waals surface area contributed by atoms with E-state index >= 15 is 0 Å². The van der Waals surface area contributed by atoms with Crippen molar-refractivity contribution in [2.24, 2.45) is 4.99 Å². The lowest BCUT2D eigenvalue weighted by atomic mass is 9.95. The van der Waals surface area contributed by atoms with E-state index in [0.29, 0.717) is 5.46 Å². The number of methoxy groups -OCH3 is 1. The Balaban J connectivity index is 3.10. The third-order valence-corrected chi connectivity index (χ3v) is 1.53. The van der Waals surface area contributed by atoms with E-state index in [4.69, 9.17) is 12.6 Å². The molecule has 1 aromatic carbocycles. The first-order valence-electron chi connectivity index (χ1n) is 3.63. The normalized spacial score (nSPS) is 10.5. The van der Waals surface area contributed by atoms with Crippen molar-refractivity contribution < 1.29 is 4.74 Å². The number of benzene rings is 1. The van der Waals surface area contributed by atoms with Gasteiger partial charge in [0.05, 0.1) is 7.11 Å². The van der Waals surface area contributed by atoms with E-state index in [1.807, 2.05) is 12.1 Å². The predicted molar refractivity (Wildman–Crippen MR) is 51.9 cm³/mol. The van der Waals surface area contributed by atoms with E-state index in [9.17, 15) is 0 Å². The lowest BCUT2D eigenvalue weighted by Crippen LogP contribution is -2.03. The maximum atomic E-state index is 5.57. The molecule has 0 bridgehead atoms. The zero-order valence-electron chi connectivity index (χ0n) is 7.24. The summed E-state index contributed by atoms with van der Waals surface area (Å²) in [5, 5.41) is 0. The van der Waals surface area contributed by atoms with Crippen molar-refractivity contribution >= 4 is 19.5 Å². The van der Waals surface area contributed by atoms with Crippen molar-refractivity contribution in [3.63, 3.8) is 0 Å². The Morgan fingerprint density at radius 1 is 1.50 bits per heavy atom. The molecule has 12 heavy (non-hydrogen) atoms. The zero-order valence-corrected chi connectivity index (χ0v) is 7.24. The van der Waals surface area contributed by atoms with Gasteiger partial charge in [-0.1, -0.05) is 17.6 Å². The van der Waals surface area contributed by atoms with Gasteiger partial charge < -0.3 is 4.74 Å². The predicted octanol–water partition coefficient (Wildman–Crippen LogP) is 0.538. The van der Waals surface area contributed by atoms with Gasteiger partial charge in [0.25, 0.3) is 0 Å². The molecule has 60 valence electrons. The maximum absolute atomic E-state index is 5.57. The van der Waals surface area contributed by atoms with Crippen molar-refractivity contribution in [1.29, 1.82) is 0 Å². The largest absolute Gasteiger partial charge is 0.496 e. The summed E-state index contributed by atoms with van der Waals surface area (Å²) in [5.74, 6) is 0.751. The molecule has 0 amide bonds. The molecule has 2 nitrogen and oxygen atoms in total. The summed E-state index contributed by atoms with van der Waals surface area (Å²) >= 11 is 0. The van der Waals surface area contributed by atoms with Gasteiger partial charge in [0.2, 0.25) is 0 Å². The summed E-state index contributed by atoms with van der Waals surface area (Å²) in [7, 11) is 8.91. The van der Waals surface area contributed by atoms with Crippen LogP contribution in [0.5, 0.6) is 5.75 Å². The van der Waals surface area contributed by atoms with Crippen molar-refractivity contribution in [3.05, 3.63) is 23.8 Å². The topological polar surface area (TPSA) is 21.6 Å². The Morgan fingerprint density at radius 2 is 2.25 bits per heavy atom. The molecule has 0 aliphatic heterocycles. The van der Waals surface area contributed by atoms with Crippen LogP contribution in [-0.2, 0) is 0 Å². The van der Waals surface area contributed by atoms with Crippen LogP contribution in [0.3, 0.4) is 0 Å². The second-order valence-corrected chi connectivity index (χ2v) is 2.39. The first-order valence-corrected chi connectivity index (χ1v) is 3.63. The SMILES string of the molecule is [B]c1ccc(C=NC)c(OC)c1. The van der Waals surface area contributed by atoms with Crippen LogP contribution in [0.25, 0.3) is 0 Å². The highest BCUT2D eigenvalue weighted by atomic mass is 16.5. The molecule has 0 aliphatic carbocycles. The van der Waals surface area contributed by atoms with E-state index in [-0.39, 0.29) is 0 Å². The summed E-state index contributed by atoms with van der Waals surface area (Å²) < 4.78 is 5.11. The summed E-state index contributed by atoms with van der Waals surface area (Å²) in [6, 6.07) is 5.47. The highest BCUT2D eigenvalue weighted by Gasteiger charge is 1.98. The van der Waals surface area contributed by atoms with Crippen LogP contribution in [0.4, 0.5) is 0 Å². The fraction of sp³-hybridized carbons (Fsp3) is 0.222. The summed E-state index contributed by atoms with van der Waals surface area (Å²) in [4.78, 5) is 3.90. The fourth-order valence-electron chi connectivity index (χ4n) is 0.973. The molecule has 1 aromatic rings. The molecule has 0 saturated heterocycles. The minimum atomic E-state index is 0.695. The molecule has 0 spiro atoms. The Hall–Kier alpha value is -1.25. The van der Waals surface area contributed by atoms with E-state index in [2.05, 4.69) is 4.99 Å². The molecule has 2 radical (unpaired) electrons.